The van der Waals surface area contributed by atoms with Crippen LogP contribution in [0.5, 0.6) is 0 Å². The van der Waals surface area contributed by atoms with E-state index in [0.29, 0.717) is 0 Å². The lowest BCUT2D eigenvalue weighted by Crippen LogP contribution is -2.62. The topological polar surface area (TPSA) is 151 Å². The highest BCUT2D eigenvalue weighted by Gasteiger charge is 2.70. The van der Waals surface area contributed by atoms with Crippen LogP contribution in [0.4, 0.5) is 4.79 Å². The van der Waals surface area contributed by atoms with Crippen LogP contribution < -0.4 is 21.7 Å². The van der Waals surface area contributed by atoms with Crippen LogP contribution >= 0.6 is 0 Å². The van der Waals surface area contributed by atoms with Gasteiger partial charge in [-0.05, 0) is 74.2 Å². The van der Waals surface area contributed by atoms with Crippen molar-refractivity contribution in [3.05, 3.63) is 0 Å². The Morgan fingerprint density at radius 2 is 1.76 bits per heavy atom. The summed E-state index contributed by atoms with van der Waals surface area (Å²) in [6.07, 6.45) is -8.06. The van der Waals surface area contributed by atoms with E-state index in [2.05, 4.69) is 0 Å². The lowest BCUT2D eigenvalue weighted by Gasteiger charge is -2.39. The van der Waals surface area contributed by atoms with Gasteiger partial charge in [0.05, 0.1) is 6.04 Å². The van der Waals surface area contributed by atoms with Gasteiger partial charge in [0.25, 0.3) is 5.91 Å². The monoisotopic (exact) mass is 564 g/mol. The molecule has 10 nitrogen and oxygen atoms in total. The lowest BCUT2D eigenvalue weighted by molar-refractivity contribution is -0.145. The van der Waals surface area contributed by atoms with Crippen LogP contribution in [0.1, 0.15) is 122 Å². The Hall–Kier alpha value is -2.65. The van der Waals surface area contributed by atoms with Gasteiger partial charge in [0.1, 0.15) is 12.1 Å². The zero-order valence-corrected chi connectivity index (χ0v) is 19.9. The molecule has 5 N–H and O–H groups in total. The molecular formula is C28H47N5O5. The third kappa shape index (κ3) is 6.31. The Morgan fingerprint density at radius 3 is 2.32 bits per heavy atom. The highest BCUT2D eigenvalue weighted by molar-refractivity contribution is 6.37. The number of amides is 5. The SMILES string of the molecule is [2H]C([2H])([2H])C1(C([2H])([2H])[2H])C2[C@@H](C(=O)N[C@@H](CC3([2H])C([2H])([2H])C([2H])(C)C3([2H])[2H])C(=O)C(N)=O)N(C(=O)[C@@H](NC(=O)NC(C([2H])([2H])[2H])(C([2H])([2H])[2H])C([2H])([2H])[2H])C(C([2H])([2H])[2H])(C([2H])([2H])[2H])C([2H])([2H])[2H])C[C@@H]21. The van der Waals surface area contributed by atoms with Crippen LogP contribution in [0.2, 0.25) is 0 Å². The van der Waals surface area contributed by atoms with Crippen molar-refractivity contribution in [1.82, 2.24) is 20.9 Å². The third-order valence-electron chi connectivity index (χ3n) is 6.27. The number of hydrogen-bond acceptors (Lipinski definition) is 5. The largest absolute Gasteiger partial charge is 0.363 e. The standard InChI is InChI=1S/C28H47N5O5/c1-14-10-15(11-14)12-17(20(34)22(29)35)30-23(36)19-18-16(28(18,8)9)13-33(19)24(37)21(26(2,3)4)31-25(38)32-27(5,6)7/h14-19,21H,10-13H2,1-9H3,(H2,29,35)(H,30,36)(H2,31,32,38)/t14?,15?,16-,17-,18?,19-,21+/m0/s1/i2D3,3D3,4D3,5D3,6D3,7D3,8D3,9D3,10D2,11D2,14D,15D. The number of urea groups is 1. The Balaban J connectivity index is 2.46. The zero-order chi connectivity index (χ0) is 54.4. The number of nitrogens with one attached hydrogen (secondary N) is 3. The Labute approximate surface area is 268 Å². The molecule has 0 bridgehead atoms. The average molecular weight is 564 g/mol. The number of Topliss-reactive ketones (excluding diaryl/α,β-unsaturated/α-hetero) is 1. The summed E-state index contributed by atoms with van der Waals surface area (Å²) in [6, 6.07) is -11.9. The number of fused-ring (bicyclic) bond motifs is 1. The molecular weight excluding hydrogens is 486 g/mol. The minimum absolute atomic E-state index is 0.0567. The third-order valence-corrected chi connectivity index (χ3v) is 6.27. The summed E-state index contributed by atoms with van der Waals surface area (Å²) in [5.41, 5.74) is -7.05. The van der Waals surface area contributed by atoms with Crippen LogP contribution in [0.25, 0.3) is 0 Å². The summed E-state index contributed by atoms with van der Waals surface area (Å²) in [4.78, 5) is 69.2. The Kier molecular flexibility index (Phi) is 2.46. The number of nitrogens with zero attached hydrogens (tertiary/aromatic N) is 1. The minimum atomic E-state index is -4.70. The molecule has 1 aliphatic heterocycles. The minimum Gasteiger partial charge on any atom is -0.363 e. The molecule has 1 heterocycles. The molecule has 0 radical (unpaired) electrons. The fourth-order valence-corrected chi connectivity index (χ4v) is 4.52. The molecule has 2 saturated carbocycles. The molecule has 0 spiro atoms. The molecule has 3 aliphatic rings. The van der Waals surface area contributed by atoms with Crippen molar-refractivity contribution >= 4 is 29.5 Å². The number of likely N-dealkylation sites (tertiary alicyclic amines) is 1. The van der Waals surface area contributed by atoms with Crippen LogP contribution in [0.15, 0.2) is 0 Å². The van der Waals surface area contributed by atoms with E-state index in [1.54, 1.807) is 5.32 Å². The molecule has 214 valence electrons. The normalized spacial score (nSPS) is 50.1. The van der Waals surface area contributed by atoms with Gasteiger partial charge in [-0.3, -0.25) is 19.2 Å². The van der Waals surface area contributed by atoms with Gasteiger partial charge < -0.3 is 26.6 Å². The van der Waals surface area contributed by atoms with E-state index in [-0.39, 0.29) is 4.90 Å². The first-order valence-corrected chi connectivity index (χ1v) is 11.0. The van der Waals surface area contributed by atoms with Gasteiger partial charge in [0.15, 0.2) is 0 Å². The molecule has 0 aromatic rings. The Morgan fingerprint density at radius 1 is 1.11 bits per heavy atom. The number of rotatable bonds is 8. The van der Waals surface area contributed by atoms with E-state index < -0.39 is 168 Å². The van der Waals surface area contributed by atoms with Gasteiger partial charge in [0, 0.05) is 53.2 Å². The first kappa shape index (κ1) is 9.20. The van der Waals surface area contributed by atoms with Crippen molar-refractivity contribution in [3.8, 4) is 0 Å². The lowest BCUT2D eigenvalue weighted by atomic mass is 9.72. The van der Waals surface area contributed by atoms with Gasteiger partial charge in [-0.25, -0.2) is 4.79 Å². The summed E-state index contributed by atoms with van der Waals surface area (Å²) in [7, 11) is 0. The molecule has 10 heteroatoms. The maximum Gasteiger partial charge on any atom is 0.315 e. The van der Waals surface area contributed by atoms with Crippen molar-refractivity contribution in [1.29, 1.82) is 0 Å². The molecule has 3 fully saturated rings. The number of piperidine rings is 1. The summed E-state index contributed by atoms with van der Waals surface area (Å²) in [5, 5.41) is 4.13. The van der Waals surface area contributed by atoms with E-state index in [9.17, 15) is 19.2 Å². The maximum absolute atomic E-state index is 15.1. The smallest absolute Gasteiger partial charge is 0.315 e. The zero-order valence-electron chi connectivity index (χ0n) is 49.9. The molecule has 3 rings (SSSR count). The maximum atomic E-state index is 15.1. The Bertz CT molecular complexity index is 1940. The van der Waals surface area contributed by atoms with Gasteiger partial charge in [-0.15, -0.1) is 0 Å². The first-order chi connectivity index (χ1) is 29.5. The molecule has 2 aliphatic carbocycles. The second-order valence-corrected chi connectivity index (χ2v) is 9.37. The summed E-state index contributed by atoms with van der Waals surface area (Å²) < 4.78 is 244. The molecule has 1 unspecified atom stereocenters. The second kappa shape index (κ2) is 10.2. The van der Waals surface area contributed by atoms with Gasteiger partial charge >= 0.3 is 6.03 Å². The average Bonchev–Trinajstić information content (AvgIpc) is 3.60. The number of ketones is 1. The van der Waals surface area contributed by atoms with Crippen molar-refractivity contribution in [3.63, 3.8) is 0 Å². The van der Waals surface area contributed by atoms with Gasteiger partial charge in [-0.2, -0.15) is 0 Å². The second-order valence-electron chi connectivity index (χ2n) is 9.37. The van der Waals surface area contributed by atoms with Crippen molar-refractivity contribution < 1.29 is 65.1 Å². The molecule has 0 aromatic carbocycles. The summed E-state index contributed by atoms with van der Waals surface area (Å²) >= 11 is 0. The van der Waals surface area contributed by atoms with Crippen LogP contribution in [-0.4, -0.2) is 64.6 Å². The van der Waals surface area contributed by atoms with Crippen molar-refractivity contribution in [2.45, 2.75) is 105 Å². The van der Waals surface area contributed by atoms with E-state index in [1.165, 1.54) is 5.32 Å². The predicted molar refractivity (Wildman–Crippen MR) is 144 cm³/mol. The van der Waals surface area contributed by atoms with E-state index in [1.807, 2.05) is 0 Å². The van der Waals surface area contributed by atoms with Crippen LogP contribution in [0.3, 0.4) is 0 Å². The van der Waals surface area contributed by atoms with Crippen LogP contribution in [0, 0.1) is 34.5 Å². The number of primary amides is 1. The molecule has 5 atom stereocenters. The van der Waals surface area contributed by atoms with Crippen molar-refractivity contribution in [2.24, 2.45) is 40.2 Å². The summed E-state index contributed by atoms with van der Waals surface area (Å²) in [6.45, 7) is -34.7. The predicted octanol–water partition coefficient (Wildman–Crippen LogP) is 1.96. The van der Waals surface area contributed by atoms with Gasteiger partial charge in [-0.1, -0.05) is 41.2 Å². The quantitative estimate of drug-likeness (QED) is 0.333. The first-order valence-electron chi connectivity index (χ1n) is 26.0. The van der Waals surface area contributed by atoms with E-state index in [0.717, 1.165) is 12.2 Å². The number of nitrogens with two attached hydrogens (primary N) is 1. The number of carbonyl (C=O) groups is 5. The van der Waals surface area contributed by atoms with E-state index >= 15 is 4.79 Å². The molecule has 5 amide bonds. The van der Waals surface area contributed by atoms with Gasteiger partial charge in [0.2, 0.25) is 17.6 Å². The molecule has 38 heavy (non-hydrogen) atoms. The van der Waals surface area contributed by atoms with E-state index in [4.69, 9.17) is 46.9 Å². The fourth-order valence-electron chi connectivity index (χ4n) is 4.52. The fraction of sp³-hybridized carbons (Fsp3) is 0.821. The molecule has 0 aromatic heterocycles. The number of hydrogen-bond donors (Lipinski definition) is 4. The van der Waals surface area contributed by atoms with Crippen LogP contribution in [-0.2, 0) is 19.2 Å². The molecule has 1 saturated heterocycles. The number of carbonyl (C=O) groups excluding carboxylic acids is 5. The highest BCUT2D eigenvalue weighted by atomic mass is 16.2. The highest BCUT2D eigenvalue weighted by Crippen LogP contribution is 2.65. The van der Waals surface area contributed by atoms with Crippen molar-refractivity contribution in [2.75, 3.05) is 6.54 Å². The summed E-state index contributed by atoms with van der Waals surface area (Å²) in [5.74, 6) is -18.6.